The van der Waals surface area contributed by atoms with Gasteiger partial charge in [0.2, 0.25) is 5.43 Å². The number of thioether (sulfide) groups is 1. The van der Waals surface area contributed by atoms with Crippen molar-refractivity contribution < 1.29 is 13.6 Å². The number of benzene rings is 2. The lowest BCUT2D eigenvalue weighted by Gasteiger charge is -2.06. The molecule has 0 saturated heterocycles. The maximum Gasteiger partial charge on any atom is 0.205 e. The van der Waals surface area contributed by atoms with Gasteiger partial charge in [-0.3, -0.25) is 10.2 Å². The first-order valence-corrected chi connectivity index (χ1v) is 10.1. The highest BCUT2D eigenvalue weighted by Crippen LogP contribution is 2.33. The summed E-state index contributed by atoms with van der Waals surface area (Å²) in [5.74, 6) is 1.15. The van der Waals surface area contributed by atoms with Crippen molar-refractivity contribution in [2.24, 2.45) is 5.10 Å². The smallest absolute Gasteiger partial charge is 0.205 e. The van der Waals surface area contributed by atoms with Crippen molar-refractivity contribution in [2.45, 2.75) is 5.75 Å². The minimum absolute atomic E-state index is 0.250. The molecule has 1 N–H and O–H groups in total. The fraction of sp³-hybridized carbons (Fsp3) is 0.0952. The summed E-state index contributed by atoms with van der Waals surface area (Å²) in [6.07, 6.45) is 4.28. The van der Waals surface area contributed by atoms with Gasteiger partial charge in [0.15, 0.2) is 4.32 Å². The molecule has 0 spiro atoms. The van der Waals surface area contributed by atoms with Gasteiger partial charge in [0.25, 0.3) is 0 Å². The summed E-state index contributed by atoms with van der Waals surface area (Å²) in [5, 5.41) is 5.12. The summed E-state index contributed by atoms with van der Waals surface area (Å²) < 4.78 is 17.0. The van der Waals surface area contributed by atoms with Crippen LogP contribution in [0.1, 0.15) is 11.1 Å². The molecule has 29 heavy (non-hydrogen) atoms. The van der Waals surface area contributed by atoms with Crippen LogP contribution in [0, 0.1) is 0 Å². The average Bonchev–Trinajstić information content (AvgIpc) is 3.21. The van der Waals surface area contributed by atoms with Crippen LogP contribution in [0.25, 0.3) is 21.9 Å². The van der Waals surface area contributed by atoms with E-state index in [0.29, 0.717) is 32.0 Å². The predicted octanol–water partition coefficient (Wildman–Crippen LogP) is 4.69. The van der Waals surface area contributed by atoms with Gasteiger partial charge < -0.3 is 13.6 Å². The normalized spacial score (nSPS) is 11.3. The van der Waals surface area contributed by atoms with Crippen LogP contribution in [0.5, 0.6) is 5.75 Å². The van der Waals surface area contributed by atoms with E-state index in [1.807, 2.05) is 30.3 Å². The number of ether oxygens (including phenoxy) is 1. The van der Waals surface area contributed by atoms with Gasteiger partial charge in [0, 0.05) is 11.8 Å². The monoisotopic (exact) mass is 424 g/mol. The zero-order chi connectivity index (χ0) is 20.2. The number of nitrogens with one attached hydrogen (secondary N) is 1. The fourth-order valence-electron chi connectivity index (χ4n) is 2.90. The average molecular weight is 425 g/mol. The molecular formula is C21H16N2O4S2. The Labute approximate surface area is 175 Å². The van der Waals surface area contributed by atoms with E-state index in [1.54, 1.807) is 12.1 Å². The van der Waals surface area contributed by atoms with E-state index in [2.05, 4.69) is 10.5 Å². The van der Waals surface area contributed by atoms with Gasteiger partial charge in [-0.1, -0.05) is 54.3 Å². The number of hydrazone groups is 1. The lowest BCUT2D eigenvalue weighted by molar-refractivity contribution is 0.423. The number of hydrogen-bond donors (Lipinski definition) is 1. The van der Waals surface area contributed by atoms with E-state index >= 15 is 0 Å². The second-order valence-electron chi connectivity index (χ2n) is 6.07. The third-order valence-electron chi connectivity index (χ3n) is 4.25. The van der Waals surface area contributed by atoms with Crippen LogP contribution in [0.2, 0.25) is 0 Å². The second-order valence-corrected chi connectivity index (χ2v) is 7.72. The van der Waals surface area contributed by atoms with Crippen LogP contribution in [0.15, 0.2) is 73.7 Å². The third kappa shape index (κ3) is 4.03. The largest absolute Gasteiger partial charge is 0.495 e. The zero-order valence-electron chi connectivity index (χ0n) is 15.4. The molecule has 2 aromatic carbocycles. The number of furan rings is 1. The molecule has 0 bridgehead atoms. The molecule has 0 aliphatic carbocycles. The minimum atomic E-state index is -0.250. The first kappa shape index (κ1) is 19.2. The SMILES string of the molecule is COc1c2ccoc2cc2occ(/C=N/NC(=S)SCc3ccccc3)c(=O)c12. The molecule has 2 aromatic heterocycles. The molecule has 0 aliphatic rings. The van der Waals surface area contributed by atoms with Gasteiger partial charge in [-0.05, 0) is 11.6 Å². The molecule has 0 unspecified atom stereocenters. The Hall–Kier alpha value is -3.10. The van der Waals surface area contributed by atoms with Crippen molar-refractivity contribution >= 4 is 56.5 Å². The molecule has 8 heteroatoms. The Kier molecular flexibility index (Phi) is 5.64. The summed E-state index contributed by atoms with van der Waals surface area (Å²) >= 11 is 6.72. The van der Waals surface area contributed by atoms with Gasteiger partial charge in [-0.25, -0.2) is 0 Å². The number of fused-ring (bicyclic) bond motifs is 2. The molecule has 0 radical (unpaired) electrons. The quantitative estimate of drug-likeness (QED) is 0.283. The van der Waals surface area contributed by atoms with Crippen molar-refractivity contribution in [3.8, 4) is 5.75 Å². The fourth-order valence-corrected chi connectivity index (χ4v) is 3.74. The van der Waals surface area contributed by atoms with E-state index in [1.165, 1.54) is 43.2 Å². The third-order valence-corrected chi connectivity index (χ3v) is 5.53. The van der Waals surface area contributed by atoms with E-state index in [9.17, 15) is 4.79 Å². The zero-order valence-corrected chi connectivity index (χ0v) is 17.0. The van der Waals surface area contributed by atoms with E-state index in [-0.39, 0.29) is 11.0 Å². The summed E-state index contributed by atoms with van der Waals surface area (Å²) in [5.41, 5.74) is 4.93. The summed E-state index contributed by atoms with van der Waals surface area (Å²) in [6.45, 7) is 0. The Balaban J connectivity index is 1.53. The minimum Gasteiger partial charge on any atom is -0.495 e. The molecule has 6 nitrogen and oxygen atoms in total. The van der Waals surface area contributed by atoms with Gasteiger partial charge in [0.05, 0.1) is 30.5 Å². The molecule has 0 saturated carbocycles. The van der Waals surface area contributed by atoms with Gasteiger partial charge in [0.1, 0.15) is 28.6 Å². The van der Waals surface area contributed by atoms with Crippen LogP contribution in [-0.2, 0) is 5.75 Å². The van der Waals surface area contributed by atoms with Gasteiger partial charge in [-0.2, -0.15) is 5.10 Å². The van der Waals surface area contributed by atoms with Crippen molar-refractivity contribution in [2.75, 3.05) is 7.11 Å². The van der Waals surface area contributed by atoms with Crippen LogP contribution in [-0.4, -0.2) is 17.6 Å². The topological polar surface area (TPSA) is 77.0 Å². The molecule has 0 aliphatic heterocycles. The molecule has 4 aromatic rings. The highest BCUT2D eigenvalue weighted by atomic mass is 32.2. The molecule has 0 amide bonds. The van der Waals surface area contributed by atoms with E-state index in [0.717, 1.165) is 5.75 Å². The number of hydrogen-bond acceptors (Lipinski definition) is 7. The van der Waals surface area contributed by atoms with Crippen molar-refractivity contribution in [3.05, 3.63) is 76.3 Å². The Morgan fingerprint density at radius 3 is 2.86 bits per heavy atom. The Morgan fingerprint density at radius 1 is 1.24 bits per heavy atom. The summed E-state index contributed by atoms with van der Waals surface area (Å²) in [4.78, 5) is 12.9. The first-order valence-electron chi connectivity index (χ1n) is 8.67. The van der Waals surface area contributed by atoms with E-state index in [4.69, 9.17) is 25.8 Å². The maximum atomic E-state index is 12.9. The molecule has 146 valence electrons. The van der Waals surface area contributed by atoms with E-state index < -0.39 is 0 Å². The maximum absolute atomic E-state index is 12.9. The Morgan fingerprint density at radius 2 is 2.07 bits per heavy atom. The summed E-state index contributed by atoms with van der Waals surface area (Å²) in [7, 11) is 1.51. The number of nitrogens with zero attached hydrogens (tertiary/aromatic N) is 1. The van der Waals surface area contributed by atoms with Crippen molar-refractivity contribution in [1.82, 2.24) is 5.43 Å². The number of methoxy groups -OCH3 is 1. The van der Waals surface area contributed by atoms with Crippen LogP contribution in [0.4, 0.5) is 0 Å². The summed E-state index contributed by atoms with van der Waals surface area (Å²) in [6, 6.07) is 13.4. The van der Waals surface area contributed by atoms with Crippen LogP contribution in [0.3, 0.4) is 0 Å². The first-order chi connectivity index (χ1) is 14.2. The van der Waals surface area contributed by atoms with Crippen LogP contribution >= 0.6 is 24.0 Å². The van der Waals surface area contributed by atoms with Gasteiger partial charge in [-0.15, -0.1) is 0 Å². The highest BCUT2D eigenvalue weighted by molar-refractivity contribution is 8.22. The molecule has 2 heterocycles. The lowest BCUT2D eigenvalue weighted by Crippen LogP contribution is -2.14. The van der Waals surface area contributed by atoms with Crippen molar-refractivity contribution in [3.63, 3.8) is 0 Å². The second kappa shape index (κ2) is 8.50. The number of thiocarbonyl (C=S) groups is 1. The predicted molar refractivity (Wildman–Crippen MR) is 120 cm³/mol. The highest BCUT2D eigenvalue weighted by Gasteiger charge is 2.16. The van der Waals surface area contributed by atoms with Crippen molar-refractivity contribution in [1.29, 1.82) is 0 Å². The Bertz CT molecular complexity index is 1260. The van der Waals surface area contributed by atoms with Crippen LogP contribution < -0.4 is 15.6 Å². The molecule has 0 atom stereocenters. The molecular weight excluding hydrogens is 408 g/mol. The molecule has 4 rings (SSSR count). The number of rotatable bonds is 5. The lowest BCUT2D eigenvalue weighted by atomic mass is 10.1. The molecule has 0 fully saturated rings. The standard InChI is InChI=1S/C21H16N2O4S2/c1-25-20-15-7-8-26-16(15)9-17-18(20)19(24)14(11-27-17)10-22-23-21(28)29-12-13-5-3-2-4-6-13/h2-11H,12H2,1H3,(H,23,28)/b22-10+. The van der Waals surface area contributed by atoms with Gasteiger partial charge >= 0.3 is 0 Å².